The topological polar surface area (TPSA) is 67.4 Å². The SMILES string of the molecule is CCC(C)Oc1ccc(NC(=O)C2CCCNC2=O)cc1. The number of hydrogen-bond donors (Lipinski definition) is 2. The van der Waals surface area contributed by atoms with Gasteiger partial charge >= 0.3 is 0 Å². The van der Waals surface area contributed by atoms with E-state index >= 15 is 0 Å². The molecule has 1 aromatic carbocycles. The van der Waals surface area contributed by atoms with Gasteiger partial charge in [-0.15, -0.1) is 0 Å². The van der Waals surface area contributed by atoms with Crippen molar-refractivity contribution in [1.29, 1.82) is 0 Å². The van der Waals surface area contributed by atoms with Crippen molar-refractivity contribution >= 4 is 17.5 Å². The van der Waals surface area contributed by atoms with Gasteiger partial charge in [0.25, 0.3) is 0 Å². The molecular formula is C16H22N2O3. The Morgan fingerprint density at radius 1 is 1.43 bits per heavy atom. The maximum absolute atomic E-state index is 12.1. The minimum atomic E-state index is -0.588. The molecule has 2 amide bonds. The van der Waals surface area contributed by atoms with Crippen LogP contribution in [0.2, 0.25) is 0 Å². The van der Waals surface area contributed by atoms with E-state index < -0.39 is 5.92 Å². The Morgan fingerprint density at radius 3 is 2.76 bits per heavy atom. The third-order valence-corrected chi connectivity index (χ3v) is 3.64. The summed E-state index contributed by atoms with van der Waals surface area (Å²) in [6.45, 7) is 4.73. The van der Waals surface area contributed by atoms with Gasteiger partial charge in [-0.25, -0.2) is 0 Å². The summed E-state index contributed by atoms with van der Waals surface area (Å²) >= 11 is 0. The molecule has 5 heteroatoms. The van der Waals surface area contributed by atoms with Crippen molar-refractivity contribution in [3.63, 3.8) is 0 Å². The van der Waals surface area contributed by atoms with Crippen molar-refractivity contribution in [3.8, 4) is 5.75 Å². The fourth-order valence-corrected chi connectivity index (χ4v) is 2.18. The fourth-order valence-electron chi connectivity index (χ4n) is 2.18. The monoisotopic (exact) mass is 290 g/mol. The van der Waals surface area contributed by atoms with Gasteiger partial charge in [0.2, 0.25) is 11.8 Å². The predicted octanol–water partition coefficient (Wildman–Crippen LogP) is 2.33. The van der Waals surface area contributed by atoms with Crippen molar-refractivity contribution < 1.29 is 14.3 Å². The summed E-state index contributed by atoms with van der Waals surface area (Å²) in [5, 5.41) is 5.50. The van der Waals surface area contributed by atoms with E-state index in [-0.39, 0.29) is 17.9 Å². The lowest BCUT2D eigenvalue weighted by Crippen LogP contribution is -2.42. The van der Waals surface area contributed by atoms with Crippen LogP contribution in [-0.2, 0) is 9.59 Å². The largest absolute Gasteiger partial charge is 0.491 e. The Labute approximate surface area is 125 Å². The molecule has 0 bridgehead atoms. The highest BCUT2D eigenvalue weighted by molar-refractivity contribution is 6.06. The highest BCUT2D eigenvalue weighted by Gasteiger charge is 2.28. The van der Waals surface area contributed by atoms with Crippen LogP contribution in [0.15, 0.2) is 24.3 Å². The Bertz CT molecular complexity index is 499. The Kier molecular flexibility index (Phi) is 5.20. The first kappa shape index (κ1) is 15.4. The standard InChI is InChI=1S/C16H22N2O3/c1-3-11(2)21-13-8-6-12(7-9-13)18-16(20)14-5-4-10-17-15(14)19/h6-9,11,14H,3-5,10H2,1-2H3,(H,17,19)(H,18,20). The first-order chi connectivity index (χ1) is 10.1. The van der Waals surface area contributed by atoms with Gasteiger partial charge in [-0.05, 0) is 50.5 Å². The summed E-state index contributed by atoms with van der Waals surface area (Å²) in [5.74, 6) is -0.245. The Balaban J connectivity index is 1.93. The van der Waals surface area contributed by atoms with Crippen LogP contribution in [0.3, 0.4) is 0 Å². The maximum Gasteiger partial charge on any atom is 0.236 e. The molecule has 21 heavy (non-hydrogen) atoms. The van der Waals surface area contributed by atoms with E-state index in [1.165, 1.54) is 0 Å². The first-order valence-electron chi connectivity index (χ1n) is 7.45. The van der Waals surface area contributed by atoms with E-state index in [1.807, 2.05) is 19.1 Å². The fraction of sp³-hybridized carbons (Fsp3) is 0.500. The molecule has 0 saturated carbocycles. The molecule has 5 nitrogen and oxygen atoms in total. The van der Waals surface area contributed by atoms with E-state index in [4.69, 9.17) is 4.74 Å². The second-order valence-corrected chi connectivity index (χ2v) is 5.34. The van der Waals surface area contributed by atoms with E-state index in [2.05, 4.69) is 17.6 Å². The predicted molar refractivity (Wildman–Crippen MR) is 81.2 cm³/mol. The number of hydrogen-bond acceptors (Lipinski definition) is 3. The van der Waals surface area contributed by atoms with Crippen LogP contribution >= 0.6 is 0 Å². The van der Waals surface area contributed by atoms with Crippen LogP contribution < -0.4 is 15.4 Å². The lowest BCUT2D eigenvalue weighted by atomic mass is 9.98. The number of carbonyl (C=O) groups is 2. The van der Waals surface area contributed by atoms with Crippen molar-refractivity contribution in [2.75, 3.05) is 11.9 Å². The van der Waals surface area contributed by atoms with Crippen molar-refractivity contribution in [3.05, 3.63) is 24.3 Å². The number of carbonyl (C=O) groups excluding carboxylic acids is 2. The second kappa shape index (κ2) is 7.11. The maximum atomic E-state index is 12.1. The zero-order valence-electron chi connectivity index (χ0n) is 12.5. The van der Waals surface area contributed by atoms with Crippen LogP contribution in [-0.4, -0.2) is 24.5 Å². The zero-order valence-corrected chi connectivity index (χ0v) is 12.5. The molecule has 1 aliphatic heterocycles. The van der Waals surface area contributed by atoms with Crippen LogP contribution in [0.25, 0.3) is 0 Å². The Morgan fingerprint density at radius 2 is 2.14 bits per heavy atom. The van der Waals surface area contributed by atoms with E-state index in [1.54, 1.807) is 12.1 Å². The molecule has 1 fully saturated rings. The van der Waals surface area contributed by atoms with Crippen LogP contribution in [0.5, 0.6) is 5.75 Å². The van der Waals surface area contributed by atoms with Crippen LogP contribution in [0.1, 0.15) is 33.1 Å². The van der Waals surface area contributed by atoms with Gasteiger partial charge in [0.1, 0.15) is 11.7 Å². The number of anilines is 1. The summed E-state index contributed by atoms with van der Waals surface area (Å²) in [4.78, 5) is 23.7. The lowest BCUT2D eigenvalue weighted by molar-refractivity contribution is -0.134. The van der Waals surface area contributed by atoms with Crippen molar-refractivity contribution in [1.82, 2.24) is 5.32 Å². The quantitative estimate of drug-likeness (QED) is 0.818. The molecule has 2 N–H and O–H groups in total. The van der Waals surface area contributed by atoms with Gasteiger partial charge in [0.05, 0.1) is 6.10 Å². The molecule has 2 atom stereocenters. The normalized spacial score (nSPS) is 19.5. The van der Waals surface area contributed by atoms with Gasteiger partial charge in [0.15, 0.2) is 0 Å². The second-order valence-electron chi connectivity index (χ2n) is 5.34. The highest BCUT2D eigenvalue weighted by atomic mass is 16.5. The third-order valence-electron chi connectivity index (χ3n) is 3.64. The van der Waals surface area contributed by atoms with Crippen LogP contribution in [0, 0.1) is 5.92 Å². The minimum Gasteiger partial charge on any atom is -0.491 e. The third kappa shape index (κ3) is 4.21. The minimum absolute atomic E-state index is 0.163. The average Bonchev–Trinajstić information content (AvgIpc) is 2.49. The number of nitrogens with one attached hydrogen (secondary N) is 2. The van der Waals surface area contributed by atoms with E-state index in [9.17, 15) is 9.59 Å². The van der Waals surface area contributed by atoms with E-state index in [0.717, 1.165) is 18.6 Å². The molecule has 2 rings (SSSR count). The van der Waals surface area contributed by atoms with Crippen LogP contribution in [0.4, 0.5) is 5.69 Å². The molecular weight excluding hydrogens is 268 g/mol. The number of ether oxygens (including phenoxy) is 1. The highest BCUT2D eigenvalue weighted by Crippen LogP contribution is 2.19. The van der Waals surface area contributed by atoms with Crippen molar-refractivity contribution in [2.45, 2.75) is 39.2 Å². The summed E-state index contributed by atoms with van der Waals surface area (Å²) in [7, 11) is 0. The molecule has 114 valence electrons. The molecule has 0 spiro atoms. The van der Waals surface area contributed by atoms with Gasteiger partial charge in [-0.1, -0.05) is 6.92 Å². The van der Waals surface area contributed by atoms with Crippen molar-refractivity contribution in [2.24, 2.45) is 5.92 Å². The number of benzene rings is 1. The summed E-state index contributed by atoms with van der Waals surface area (Å²) in [5.41, 5.74) is 0.676. The number of piperidine rings is 1. The molecule has 0 aliphatic carbocycles. The average molecular weight is 290 g/mol. The molecule has 1 saturated heterocycles. The molecule has 1 aromatic rings. The summed E-state index contributed by atoms with van der Waals surface area (Å²) in [6.07, 6.45) is 2.55. The van der Waals surface area contributed by atoms with Gasteiger partial charge in [-0.3, -0.25) is 9.59 Å². The smallest absolute Gasteiger partial charge is 0.236 e. The lowest BCUT2D eigenvalue weighted by Gasteiger charge is -2.21. The summed E-state index contributed by atoms with van der Waals surface area (Å²) in [6, 6.07) is 7.22. The van der Waals surface area contributed by atoms with Gasteiger partial charge < -0.3 is 15.4 Å². The van der Waals surface area contributed by atoms with Gasteiger partial charge in [-0.2, -0.15) is 0 Å². The molecule has 0 radical (unpaired) electrons. The molecule has 2 unspecified atom stereocenters. The van der Waals surface area contributed by atoms with Gasteiger partial charge in [0, 0.05) is 12.2 Å². The molecule has 1 heterocycles. The molecule has 1 aliphatic rings. The first-order valence-corrected chi connectivity index (χ1v) is 7.45. The summed E-state index contributed by atoms with van der Waals surface area (Å²) < 4.78 is 5.68. The number of amides is 2. The zero-order chi connectivity index (χ0) is 15.2. The van der Waals surface area contributed by atoms with E-state index in [0.29, 0.717) is 18.7 Å². The molecule has 0 aromatic heterocycles. The number of rotatable bonds is 5. The Hall–Kier alpha value is -2.04.